The molecule has 0 aromatic heterocycles. The maximum Gasteiger partial charge on any atom is 0.124 e. The van der Waals surface area contributed by atoms with Crippen LogP contribution in [0.4, 0.5) is 0 Å². The smallest absolute Gasteiger partial charge is 0.124 e. The molecule has 0 spiro atoms. The summed E-state index contributed by atoms with van der Waals surface area (Å²) in [7, 11) is 3.59. The van der Waals surface area contributed by atoms with Gasteiger partial charge < -0.3 is 14.8 Å². The predicted octanol–water partition coefficient (Wildman–Crippen LogP) is 3.30. The van der Waals surface area contributed by atoms with Gasteiger partial charge in [-0.05, 0) is 43.3 Å². The van der Waals surface area contributed by atoms with Crippen LogP contribution in [0.5, 0.6) is 11.5 Å². The lowest BCUT2D eigenvalue weighted by Gasteiger charge is -2.13. The van der Waals surface area contributed by atoms with Crippen molar-refractivity contribution >= 4 is 0 Å². The van der Waals surface area contributed by atoms with Gasteiger partial charge in [-0.15, -0.1) is 0 Å². The van der Waals surface area contributed by atoms with Crippen molar-refractivity contribution in [3.63, 3.8) is 0 Å². The van der Waals surface area contributed by atoms with Crippen molar-refractivity contribution in [2.24, 2.45) is 0 Å². The first-order valence-electron chi connectivity index (χ1n) is 6.73. The van der Waals surface area contributed by atoms with Crippen molar-refractivity contribution in [3.8, 4) is 11.5 Å². The molecule has 0 aliphatic rings. The molecule has 0 saturated heterocycles. The lowest BCUT2D eigenvalue weighted by molar-refractivity contribution is 0.300. The van der Waals surface area contributed by atoms with E-state index in [1.807, 2.05) is 37.4 Å². The van der Waals surface area contributed by atoms with Crippen molar-refractivity contribution in [2.75, 3.05) is 14.2 Å². The lowest BCUT2D eigenvalue weighted by atomic mass is 10.1. The number of nitrogens with one attached hydrogen (secondary N) is 1. The second-order valence-corrected chi connectivity index (χ2v) is 4.72. The minimum absolute atomic E-state index is 0.579. The van der Waals surface area contributed by atoms with Gasteiger partial charge in [0, 0.05) is 12.1 Å². The van der Waals surface area contributed by atoms with Crippen LogP contribution in [0.15, 0.2) is 42.5 Å². The summed E-state index contributed by atoms with van der Waals surface area (Å²) in [6, 6.07) is 14.2. The van der Waals surface area contributed by atoms with Crippen molar-refractivity contribution in [1.82, 2.24) is 5.32 Å². The zero-order chi connectivity index (χ0) is 14.4. The average molecular weight is 271 g/mol. The van der Waals surface area contributed by atoms with Gasteiger partial charge in [0.25, 0.3) is 0 Å². The van der Waals surface area contributed by atoms with Gasteiger partial charge in [-0.3, -0.25) is 0 Å². The Kier molecular flexibility index (Phi) is 5.02. The number of ether oxygens (including phenoxy) is 2. The van der Waals surface area contributed by atoms with E-state index in [2.05, 4.69) is 24.4 Å². The van der Waals surface area contributed by atoms with Crippen molar-refractivity contribution in [3.05, 3.63) is 59.2 Å². The zero-order valence-electron chi connectivity index (χ0n) is 12.3. The van der Waals surface area contributed by atoms with Crippen LogP contribution < -0.4 is 14.8 Å². The van der Waals surface area contributed by atoms with E-state index >= 15 is 0 Å². The summed E-state index contributed by atoms with van der Waals surface area (Å²) >= 11 is 0. The summed E-state index contributed by atoms with van der Waals surface area (Å²) in [5, 5.41) is 3.15. The van der Waals surface area contributed by atoms with Gasteiger partial charge in [0.15, 0.2) is 0 Å². The highest BCUT2D eigenvalue weighted by Crippen LogP contribution is 2.25. The Bertz CT molecular complexity index is 567. The molecule has 0 atom stereocenters. The van der Waals surface area contributed by atoms with Gasteiger partial charge >= 0.3 is 0 Å². The molecule has 20 heavy (non-hydrogen) atoms. The van der Waals surface area contributed by atoms with Crippen molar-refractivity contribution < 1.29 is 9.47 Å². The number of benzene rings is 2. The summed E-state index contributed by atoms with van der Waals surface area (Å²) in [5.74, 6) is 1.74. The van der Waals surface area contributed by atoms with E-state index in [0.717, 1.165) is 23.6 Å². The number of hydrogen-bond acceptors (Lipinski definition) is 3. The Morgan fingerprint density at radius 2 is 1.85 bits per heavy atom. The second kappa shape index (κ2) is 6.96. The molecule has 0 fully saturated rings. The number of methoxy groups -OCH3 is 1. The van der Waals surface area contributed by atoms with E-state index in [4.69, 9.17) is 9.47 Å². The highest BCUT2D eigenvalue weighted by Gasteiger charge is 2.06. The van der Waals surface area contributed by atoms with Crippen LogP contribution in [-0.2, 0) is 13.2 Å². The molecular weight excluding hydrogens is 250 g/mol. The summed E-state index contributed by atoms with van der Waals surface area (Å²) in [6.45, 7) is 3.43. The molecule has 1 N–H and O–H groups in total. The Labute approximate surface area is 120 Å². The molecule has 2 aromatic carbocycles. The Hall–Kier alpha value is -2.00. The first-order valence-corrected chi connectivity index (χ1v) is 6.73. The summed E-state index contributed by atoms with van der Waals surface area (Å²) in [5.41, 5.74) is 3.55. The summed E-state index contributed by atoms with van der Waals surface area (Å²) in [4.78, 5) is 0. The van der Waals surface area contributed by atoms with Gasteiger partial charge in [-0.1, -0.05) is 24.3 Å². The fourth-order valence-electron chi connectivity index (χ4n) is 2.08. The highest BCUT2D eigenvalue weighted by atomic mass is 16.5. The minimum Gasteiger partial charge on any atom is -0.497 e. The largest absolute Gasteiger partial charge is 0.497 e. The third-order valence-electron chi connectivity index (χ3n) is 3.28. The average Bonchev–Trinajstić information content (AvgIpc) is 2.47. The number of rotatable bonds is 6. The van der Waals surface area contributed by atoms with Gasteiger partial charge in [0.05, 0.1) is 7.11 Å². The van der Waals surface area contributed by atoms with Crippen LogP contribution in [0.2, 0.25) is 0 Å². The topological polar surface area (TPSA) is 30.5 Å². The molecule has 3 nitrogen and oxygen atoms in total. The van der Waals surface area contributed by atoms with E-state index in [0.29, 0.717) is 6.61 Å². The van der Waals surface area contributed by atoms with Crippen LogP contribution in [-0.4, -0.2) is 14.2 Å². The standard InChI is InChI=1S/C17H21NO2/c1-13-6-4-5-7-14(13)12-20-17-9-8-16(19-3)10-15(17)11-18-2/h4-10,18H,11-12H2,1-3H3. The van der Waals surface area contributed by atoms with E-state index in [-0.39, 0.29) is 0 Å². The van der Waals surface area contributed by atoms with E-state index in [9.17, 15) is 0 Å². The zero-order valence-corrected chi connectivity index (χ0v) is 12.3. The maximum absolute atomic E-state index is 5.96. The van der Waals surface area contributed by atoms with Crippen molar-refractivity contribution in [2.45, 2.75) is 20.1 Å². The van der Waals surface area contributed by atoms with Crippen LogP contribution in [0.3, 0.4) is 0 Å². The Morgan fingerprint density at radius 3 is 2.55 bits per heavy atom. The molecule has 0 unspecified atom stereocenters. The second-order valence-electron chi connectivity index (χ2n) is 4.72. The normalized spacial score (nSPS) is 10.3. The fraction of sp³-hybridized carbons (Fsp3) is 0.294. The first-order chi connectivity index (χ1) is 9.74. The highest BCUT2D eigenvalue weighted by molar-refractivity contribution is 5.40. The molecule has 0 saturated carbocycles. The minimum atomic E-state index is 0.579. The van der Waals surface area contributed by atoms with Crippen LogP contribution in [0, 0.1) is 6.92 Å². The van der Waals surface area contributed by atoms with Gasteiger partial charge in [-0.25, -0.2) is 0 Å². The molecule has 106 valence electrons. The maximum atomic E-state index is 5.96. The van der Waals surface area contributed by atoms with Crippen molar-refractivity contribution in [1.29, 1.82) is 0 Å². The third kappa shape index (κ3) is 3.52. The quantitative estimate of drug-likeness (QED) is 0.874. The number of hydrogen-bond donors (Lipinski definition) is 1. The molecule has 3 heteroatoms. The van der Waals surface area contributed by atoms with Crippen LogP contribution in [0.25, 0.3) is 0 Å². The summed E-state index contributed by atoms with van der Waals surface area (Å²) in [6.07, 6.45) is 0. The van der Waals surface area contributed by atoms with Gasteiger partial charge in [-0.2, -0.15) is 0 Å². The van der Waals surface area contributed by atoms with Gasteiger partial charge in [0.1, 0.15) is 18.1 Å². The van der Waals surface area contributed by atoms with E-state index in [1.54, 1.807) is 7.11 Å². The molecule has 2 rings (SSSR count). The monoisotopic (exact) mass is 271 g/mol. The predicted molar refractivity (Wildman–Crippen MR) is 81.3 cm³/mol. The lowest BCUT2D eigenvalue weighted by Crippen LogP contribution is -2.08. The Balaban J connectivity index is 2.14. The third-order valence-corrected chi connectivity index (χ3v) is 3.28. The molecule has 0 aliphatic carbocycles. The first kappa shape index (κ1) is 14.4. The number of aryl methyl sites for hydroxylation is 1. The summed E-state index contributed by atoms with van der Waals surface area (Å²) < 4.78 is 11.2. The molecular formula is C17H21NO2. The molecule has 2 aromatic rings. The molecule has 0 amide bonds. The van der Waals surface area contributed by atoms with Gasteiger partial charge in [0.2, 0.25) is 0 Å². The van der Waals surface area contributed by atoms with E-state index in [1.165, 1.54) is 11.1 Å². The molecule has 0 heterocycles. The fourth-order valence-corrected chi connectivity index (χ4v) is 2.08. The van der Waals surface area contributed by atoms with Crippen LogP contribution >= 0.6 is 0 Å². The Morgan fingerprint density at radius 1 is 1.05 bits per heavy atom. The molecule has 0 radical (unpaired) electrons. The molecule has 0 aliphatic heterocycles. The molecule has 0 bridgehead atoms. The van der Waals surface area contributed by atoms with E-state index < -0.39 is 0 Å². The van der Waals surface area contributed by atoms with Crippen LogP contribution in [0.1, 0.15) is 16.7 Å². The SMILES string of the molecule is CNCc1cc(OC)ccc1OCc1ccccc1C.